The van der Waals surface area contributed by atoms with Gasteiger partial charge in [-0.3, -0.25) is 0 Å². The summed E-state index contributed by atoms with van der Waals surface area (Å²) in [6.07, 6.45) is 6.52. The predicted octanol–water partition coefficient (Wildman–Crippen LogP) is 3.91. The monoisotopic (exact) mass is 272 g/mol. The number of rotatable bonds is 3. The number of nitrogens with zero attached hydrogens (tertiary/aromatic N) is 1. The lowest BCUT2D eigenvalue weighted by Gasteiger charge is -2.40. The molecule has 0 amide bonds. The van der Waals surface area contributed by atoms with E-state index in [2.05, 4.69) is 43.0 Å². The molecule has 1 fully saturated rings. The van der Waals surface area contributed by atoms with Crippen molar-refractivity contribution in [3.8, 4) is 0 Å². The van der Waals surface area contributed by atoms with Crippen LogP contribution in [0.4, 0.5) is 5.69 Å². The van der Waals surface area contributed by atoms with Crippen molar-refractivity contribution in [3.05, 3.63) is 29.8 Å². The summed E-state index contributed by atoms with van der Waals surface area (Å²) in [6.45, 7) is 6.81. The smallest absolute Gasteiger partial charge is 0.0405 e. The maximum atomic E-state index is 5.81. The van der Waals surface area contributed by atoms with Gasteiger partial charge in [0.1, 0.15) is 0 Å². The van der Waals surface area contributed by atoms with Crippen molar-refractivity contribution >= 4 is 5.69 Å². The van der Waals surface area contributed by atoms with Crippen molar-refractivity contribution in [2.75, 3.05) is 18.0 Å². The molecule has 1 saturated carbocycles. The molecule has 2 aliphatic rings. The Labute approximate surface area is 123 Å². The molecule has 1 heterocycles. The van der Waals surface area contributed by atoms with Gasteiger partial charge in [-0.25, -0.2) is 0 Å². The van der Waals surface area contributed by atoms with Crippen molar-refractivity contribution in [1.29, 1.82) is 0 Å². The Morgan fingerprint density at radius 1 is 1.20 bits per heavy atom. The fourth-order valence-electron chi connectivity index (χ4n) is 4.02. The van der Waals surface area contributed by atoms with E-state index in [9.17, 15) is 0 Å². The number of hydrogen-bond acceptors (Lipinski definition) is 2. The van der Waals surface area contributed by atoms with Crippen LogP contribution in [0.2, 0.25) is 0 Å². The van der Waals surface area contributed by atoms with Gasteiger partial charge in [-0.15, -0.1) is 0 Å². The van der Waals surface area contributed by atoms with Crippen LogP contribution in [-0.2, 0) is 0 Å². The number of benzene rings is 1. The first-order valence-corrected chi connectivity index (χ1v) is 8.16. The largest absolute Gasteiger partial charge is 0.368 e. The van der Waals surface area contributed by atoms with E-state index in [1.807, 2.05) is 0 Å². The molecular weight excluding hydrogens is 244 g/mol. The first-order chi connectivity index (χ1) is 9.61. The van der Waals surface area contributed by atoms with Crippen molar-refractivity contribution in [2.24, 2.45) is 11.1 Å². The average molecular weight is 272 g/mol. The van der Waals surface area contributed by atoms with Gasteiger partial charge in [-0.2, -0.15) is 0 Å². The molecule has 2 heteroatoms. The molecule has 20 heavy (non-hydrogen) atoms. The Bertz CT molecular complexity index is 456. The zero-order valence-electron chi connectivity index (χ0n) is 12.9. The highest BCUT2D eigenvalue weighted by Gasteiger charge is 2.35. The first kappa shape index (κ1) is 13.9. The fourth-order valence-corrected chi connectivity index (χ4v) is 4.02. The molecule has 2 nitrogen and oxygen atoms in total. The molecule has 1 unspecified atom stereocenters. The standard InChI is InChI=1S/C18H28N2/c1-18(2)10-7-15(8-11-18)20-13-14(9-12-19)16-5-3-4-6-17(16)20/h3-6,14-15H,7-13,19H2,1-2H3. The Balaban J connectivity index is 1.78. The van der Waals surface area contributed by atoms with Crippen LogP contribution in [0.3, 0.4) is 0 Å². The van der Waals surface area contributed by atoms with Crippen LogP contribution in [0.25, 0.3) is 0 Å². The Kier molecular flexibility index (Phi) is 3.76. The molecule has 3 rings (SSSR count). The number of hydrogen-bond donors (Lipinski definition) is 1. The molecular formula is C18H28N2. The minimum Gasteiger partial charge on any atom is -0.368 e. The van der Waals surface area contributed by atoms with Gasteiger partial charge in [-0.1, -0.05) is 32.0 Å². The number of nitrogens with two attached hydrogens (primary N) is 1. The van der Waals surface area contributed by atoms with Gasteiger partial charge < -0.3 is 10.6 Å². The second-order valence-corrected chi connectivity index (χ2v) is 7.38. The molecule has 0 spiro atoms. The molecule has 0 bridgehead atoms. The third kappa shape index (κ3) is 2.58. The van der Waals surface area contributed by atoms with Crippen molar-refractivity contribution in [1.82, 2.24) is 0 Å². The van der Waals surface area contributed by atoms with E-state index in [4.69, 9.17) is 5.73 Å². The van der Waals surface area contributed by atoms with Gasteiger partial charge in [0.25, 0.3) is 0 Å². The summed E-state index contributed by atoms with van der Waals surface area (Å²) in [5.41, 5.74) is 9.37. The molecule has 1 aromatic carbocycles. The minimum atomic E-state index is 0.548. The summed E-state index contributed by atoms with van der Waals surface area (Å²) < 4.78 is 0. The summed E-state index contributed by atoms with van der Waals surface area (Å²) in [5.74, 6) is 0.645. The highest BCUT2D eigenvalue weighted by atomic mass is 15.2. The molecule has 1 aromatic rings. The van der Waals surface area contributed by atoms with Crippen LogP contribution in [0, 0.1) is 5.41 Å². The van der Waals surface area contributed by atoms with E-state index in [1.54, 1.807) is 0 Å². The third-order valence-electron chi connectivity index (χ3n) is 5.37. The fraction of sp³-hybridized carbons (Fsp3) is 0.667. The lowest BCUT2D eigenvalue weighted by Crippen LogP contribution is -2.39. The molecule has 0 aromatic heterocycles. The highest BCUT2D eigenvalue weighted by molar-refractivity contribution is 5.61. The predicted molar refractivity (Wildman–Crippen MR) is 86.2 cm³/mol. The molecule has 2 N–H and O–H groups in total. The SMILES string of the molecule is CC1(C)CCC(N2CC(CCN)c3ccccc32)CC1. The zero-order chi connectivity index (χ0) is 14.2. The van der Waals surface area contributed by atoms with Crippen LogP contribution < -0.4 is 10.6 Å². The van der Waals surface area contributed by atoms with Gasteiger partial charge in [0.15, 0.2) is 0 Å². The lowest BCUT2D eigenvalue weighted by atomic mass is 9.75. The summed E-state index contributed by atoms with van der Waals surface area (Å²) in [5, 5.41) is 0. The second-order valence-electron chi connectivity index (χ2n) is 7.38. The van der Waals surface area contributed by atoms with Gasteiger partial charge >= 0.3 is 0 Å². The highest BCUT2D eigenvalue weighted by Crippen LogP contribution is 2.44. The Morgan fingerprint density at radius 2 is 1.90 bits per heavy atom. The first-order valence-electron chi connectivity index (χ1n) is 8.16. The van der Waals surface area contributed by atoms with E-state index in [1.165, 1.54) is 43.5 Å². The molecule has 1 atom stereocenters. The third-order valence-corrected chi connectivity index (χ3v) is 5.37. The zero-order valence-corrected chi connectivity index (χ0v) is 12.9. The van der Waals surface area contributed by atoms with E-state index in [0.29, 0.717) is 11.3 Å². The maximum Gasteiger partial charge on any atom is 0.0405 e. The van der Waals surface area contributed by atoms with E-state index < -0.39 is 0 Å². The van der Waals surface area contributed by atoms with Gasteiger partial charge in [-0.05, 0) is 55.7 Å². The van der Waals surface area contributed by atoms with Gasteiger partial charge in [0, 0.05) is 24.2 Å². The summed E-state index contributed by atoms with van der Waals surface area (Å²) in [6, 6.07) is 9.72. The van der Waals surface area contributed by atoms with Crippen LogP contribution in [0.15, 0.2) is 24.3 Å². The number of para-hydroxylation sites is 1. The molecule has 1 aliphatic heterocycles. The maximum absolute atomic E-state index is 5.81. The quantitative estimate of drug-likeness (QED) is 0.904. The minimum absolute atomic E-state index is 0.548. The Morgan fingerprint density at radius 3 is 2.60 bits per heavy atom. The topological polar surface area (TPSA) is 29.3 Å². The van der Waals surface area contributed by atoms with Crippen LogP contribution in [0.1, 0.15) is 57.4 Å². The number of fused-ring (bicyclic) bond motifs is 1. The molecule has 110 valence electrons. The number of anilines is 1. The molecule has 0 saturated heterocycles. The van der Waals surface area contributed by atoms with E-state index in [-0.39, 0.29) is 0 Å². The molecule has 1 aliphatic carbocycles. The van der Waals surface area contributed by atoms with Gasteiger partial charge in [0.05, 0.1) is 0 Å². The second kappa shape index (κ2) is 5.40. The van der Waals surface area contributed by atoms with Crippen LogP contribution >= 0.6 is 0 Å². The van der Waals surface area contributed by atoms with Crippen molar-refractivity contribution in [2.45, 2.75) is 57.9 Å². The average Bonchev–Trinajstić information content (AvgIpc) is 2.79. The van der Waals surface area contributed by atoms with Crippen LogP contribution in [-0.4, -0.2) is 19.1 Å². The van der Waals surface area contributed by atoms with Crippen LogP contribution in [0.5, 0.6) is 0 Å². The van der Waals surface area contributed by atoms with Crippen molar-refractivity contribution < 1.29 is 0 Å². The van der Waals surface area contributed by atoms with Crippen molar-refractivity contribution in [3.63, 3.8) is 0 Å². The van der Waals surface area contributed by atoms with E-state index in [0.717, 1.165) is 19.0 Å². The van der Waals surface area contributed by atoms with Gasteiger partial charge in [0.2, 0.25) is 0 Å². The summed E-state index contributed by atoms with van der Waals surface area (Å²) in [7, 11) is 0. The molecule has 0 radical (unpaired) electrons. The lowest BCUT2D eigenvalue weighted by molar-refractivity contribution is 0.220. The Hall–Kier alpha value is -1.02. The summed E-state index contributed by atoms with van der Waals surface area (Å²) >= 11 is 0. The normalized spacial score (nSPS) is 25.8. The summed E-state index contributed by atoms with van der Waals surface area (Å²) in [4.78, 5) is 2.69. The van der Waals surface area contributed by atoms with E-state index >= 15 is 0 Å².